The first-order valence-electron chi connectivity index (χ1n) is 23.1. The SMILES string of the molecule is CC[C@H](C)[C@H](NC(=O)[C@H](CC(=O)O)NC(=O)[C@H](CC(C)C)NC(=O)[C@H](C(c1ccccc1)c1ccccc1)N(C)C(C)=O)C(=O)N[C@H](C(=O)N[C@@H](Cc1c[nH]c2ccccc12)C(=O)O)[C@@H](C)CC. The maximum absolute atomic E-state index is 14.6. The van der Waals surface area contributed by atoms with Crippen molar-refractivity contribution >= 4 is 58.3 Å². The zero-order valence-corrected chi connectivity index (χ0v) is 40.1. The topological polar surface area (TPSA) is 256 Å². The first-order chi connectivity index (χ1) is 32.3. The lowest BCUT2D eigenvalue weighted by molar-refractivity contribution is -0.142. The molecule has 366 valence electrons. The van der Waals surface area contributed by atoms with E-state index >= 15 is 0 Å². The standard InChI is InChI=1S/C51H67N7O10/c1-9-30(5)43(48(64)55-40(51(67)68)26-35-28-52-37-24-18-17-23-36(35)37)57-49(65)44(31(6)10-2)56-47(63)39(27-41(60)61)53-46(62)38(25-29(3)4)54-50(66)45(58(8)32(7)59)42(33-19-13-11-14-20-33)34-21-15-12-16-22-34/h11-24,28-31,38-40,42-45,52H,9-10,25-27H2,1-8H3,(H,53,62)(H,54,66)(H,55,64)(H,56,63)(H,57,65)(H,60,61)(H,67,68)/t30-,31-,38-,39-,40-,43-,44-,45-/m0/s1. The lowest BCUT2D eigenvalue weighted by Crippen LogP contribution is -2.61. The molecule has 0 unspecified atom stereocenters. The predicted molar refractivity (Wildman–Crippen MR) is 257 cm³/mol. The van der Waals surface area contributed by atoms with Gasteiger partial charge in [-0.15, -0.1) is 0 Å². The summed E-state index contributed by atoms with van der Waals surface area (Å²) in [5.41, 5.74) is 2.93. The quantitative estimate of drug-likeness (QED) is 0.0461. The number of benzene rings is 3. The fraction of sp³-hybridized carbons (Fsp3) is 0.451. The number of carboxylic acid groups (broad SMARTS) is 2. The number of carbonyl (C=O) groups is 8. The van der Waals surface area contributed by atoms with Crippen molar-refractivity contribution in [1.82, 2.24) is 36.5 Å². The number of aromatic amines is 1. The van der Waals surface area contributed by atoms with Crippen LogP contribution in [-0.4, -0.2) is 111 Å². The van der Waals surface area contributed by atoms with Crippen LogP contribution in [0.5, 0.6) is 0 Å². The van der Waals surface area contributed by atoms with Crippen LogP contribution in [0, 0.1) is 17.8 Å². The smallest absolute Gasteiger partial charge is 0.326 e. The number of carboxylic acids is 2. The minimum Gasteiger partial charge on any atom is -0.481 e. The average molecular weight is 938 g/mol. The highest BCUT2D eigenvalue weighted by Gasteiger charge is 2.40. The van der Waals surface area contributed by atoms with Gasteiger partial charge in [0.2, 0.25) is 35.4 Å². The molecule has 4 aromatic rings. The van der Waals surface area contributed by atoms with Crippen LogP contribution < -0.4 is 26.6 Å². The van der Waals surface area contributed by atoms with Gasteiger partial charge >= 0.3 is 11.9 Å². The Bertz CT molecular complexity index is 2330. The highest BCUT2D eigenvalue weighted by atomic mass is 16.4. The summed E-state index contributed by atoms with van der Waals surface area (Å²) in [5, 5.41) is 34.1. The van der Waals surface area contributed by atoms with E-state index < -0.39 is 108 Å². The highest BCUT2D eigenvalue weighted by molar-refractivity contribution is 5.98. The van der Waals surface area contributed by atoms with Crippen molar-refractivity contribution in [3.8, 4) is 0 Å². The molecule has 0 fully saturated rings. The first kappa shape index (κ1) is 53.6. The molecule has 8 N–H and O–H groups in total. The Hall–Kier alpha value is -7.04. The number of aliphatic carboxylic acids is 2. The molecule has 17 nitrogen and oxygen atoms in total. The minimum atomic E-state index is -1.72. The van der Waals surface area contributed by atoms with Crippen molar-refractivity contribution in [2.24, 2.45) is 17.8 Å². The lowest BCUT2D eigenvalue weighted by atomic mass is 9.83. The molecular weight excluding hydrogens is 871 g/mol. The maximum Gasteiger partial charge on any atom is 0.326 e. The van der Waals surface area contributed by atoms with Gasteiger partial charge < -0.3 is 46.7 Å². The van der Waals surface area contributed by atoms with Crippen molar-refractivity contribution in [3.05, 3.63) is 108 Å². The normalized spacial score (nSPS) is 14.9. The summed E-state index contributed by atoms with van der Waals surface area (Å²) in [5.74, 6) is -9.12. The van der Waals surface area contributed by atoms with Crippen LogP contribution in [0.4, 0.5) is 0 Å². The number of fused-ring (bicyclic) bond motifs is 1. The van der Waals surface area contributed by atoms with Crippen molar-refractivity contribution in [2.45, 2.75) is 123 Å². The third-order valence-electron chi connectivity index (χ3n) is 12.5. The van der Waals surface area contributed by atoms with E-state index in [-0.39, 0.29) is 18.8 Å². The summed E-state index contributed by atoms with van der Waals surface area (Å²) in [6, 6.07) is 17.5. The van der Waals surface area contributed by atoms with E-state index in [0.29, 0.717) is 18.4 Å². The van der Waals surface area contributed by atoms with Crippen molar-refractivity contribution in [3.63, 3.8) is 0 Å². The van der Waals surface area contributed by atoms with Gasteiger partial charge in [-0.25, -0.2) is 4.79 Å². The lowest BCUT2D eigenvalue weighted by Gasteiger charge is -2.35. The molecule has 1 heterocycles. The number of aromatic nitrogens is 1. The molecule has 6 amide bonds. The number of rotatable bonds is 25. The van der Waals surface area contributed by atoms with Crippen LogP contribution in [0.1, 0.15) is 96.8 Å². The van der Waals surface area contributed by atoms with E-state index in [4.69, 9.17) is 0 Å². The van der Waals surface area contributed by atoms with Gasteiger partial charge in [-0.1, -0.05) is 133 Å². The number of nitrogens with one attached hydrogen (secondary N) is 6. The molecule has 0 spiro atoms. The largest absolute Gasteiger partial charge is 0.481 e. The van der Waals surface area contributed by atoms with Crippen molar-refractivity contribution in [1.29, 1.82) is 0 Å². The monoisotopic (exact) mass is 937 g/mol. The molecule has 0 aliphatic carbocycles. The number of nitrogens with zero attached hydrogens (tertiary/aromatic N) is 1. The van der Waals surface area contributed by atoms with Gasteiger partial charge in [0.15, 0.2) is 0 Å². The number of hydrogen-bond acceptors (Lipinski definition) is 8. The molecule has 0 bridgehead atoms. The van der Waals surface area contributed by atoms with Gasteiger partial charge in [-0.3, -0.25) is 33.6 Å². The number of hydrogen-bond donors (Lipinski definition) is 8. The predicted octanol–water partition coefficient (Wildman–Crippen LogP) is 4.51. The van der Waals surface area contributed by atoms with E-state index in [9.17, 15) is 48.6 Å². The van der Waals surface area contributed by atoms with Crippen LogP contribution in [-0.2, 0) is 44.8 Å². The second kappa shape index (κ2) is 25.2. The summed E-state index contributed by atoms with van der Waals surface area (Å²) in [7, 11) is 1.50. The van der Waals surface area contributed by atoms with Gasteiger partial charge in [0.05, 0.1) is 6.42 Å². The number of amides is 6. The number of likely N-dealkylation sites (N-methyl/N-ethyl adjacent to an activating group) is 1. The van der Waals surface area contributed by atoms with Gasteiger partial charge in [0, 0.05) is 43.4 Å². The Balaban J connectivity index is 1.58. The Morgan fingerprint density at radius 2 is 1.07 bits per heavy atom. The van der Waals surface area contributed by atoms with E-state index in [1.165, 1.54) is 18.9 Å². The van der Waals surface area contributed by atoms with Crippen LogP contribution in [0.15, 0.2) is 91.1 Å². The molecule has 0 saturated carbocycles. The fourth-order valence-corrected chi connectivity index (χ4v) is 8.12. The summed E-state index contributed by atoms with van der Waals surface area (Å²) >= 11 is 0. The van der Waals surface area contributed by atoms with Gasteiger partial charge in [0.25, 0.3) is 0 Å². The molecule has 0 aliphatic heterocycles. The molecule has 8 atom stereocenters. The third kappa shape index (κ3) is 14.5. The molecule has 0 saturated heterocycles. The second-order valence-corrected chi connectivity index (χ2v) is 17.9. The van der Waals surface area contributed by atoms with Crippen molar-refractivity contribution in [2.75, 3.05) is 7.05 Å². The average Bonchev–Trinajstić information content (AvgIpc) is 3.72. The third-order valence-corrected chi connectivity index (χ3v) is 12.5. The fourth-order valence-electron chi connectivity index (χ4n) is 8.12. The first-order valence-corrected chi connectivity index (χ1v) is 23.1. The molecule has 68 heavy (non-hydrogen) atoms. The summed E-state index contributed by atoms with van der Waals surface area (Å²) in [6.45, 7) is 11.9. The molecule has 4 rings (SSSR count). The molecule has 0 radical (unpaired) electrons. The van der Waals surface area contributed by atoms with Gasteiger partial charge in [-0.05, 0) is 46.9 Å². The van der Waals surface area contributed by atoms with Crippen LogP contribution in [0.3, 0.4) is 0 Å². The summed E-state index contributed by atoms with van der Waals surface area (Å²) in [4.78, 5) is 113. The Labute approximate surface area is 397 Å². The second-order valence-electron chi connectivity index (χ2n) is 17.9. The van der Waals surface area contributed by atoms with Gasteiger partial charge in [0.1, 0.15) is 36.3 Å². The molecular formula is C51H67N7O10. The van der Waals surface area contributed by atoms with Crippen LogP contribution in [0.25, 0.3) is 10.9 Å². The minimum absolute atomic E-state index is 0.0475. The molecule has 1 aromatic heterocycles. The zero-order chi connectivity index (χ0) is 50.2. The van der Waals surface area contributed by atoms with E-state index in [1.54, 1.807) is 33.9 Å². The number of para-hydroxylation sites is 1. The summed E-state index contributed by atoms with van der Waals surface area (Å²) in [6.07, 6.45) is 1.57. The molecule has 17 heteroatoms. The van der Waals surface area contributed by atoms with Crippen LogP contribution >= 0.6 is 0 Å². The summed E-state index contributed by atoms with van der Waals surface area (Å²) < 4.78 is 0. The van der Waals surface area contributed by atoms with E-state index in [1.807, 2.05) is 98.8 Å². The number of H-pyrrole nitrogens is 1. The van der Waals surface area contributed by atoms with Gasteiger partial charge in [-0.2, -0.15) is 0 Å². The molecule has 0 aliphatic rings. The Kier molecular flexibility index (Phi) is 19.8. The Morgan fingerprint density at radius 1 is 0.603 bits per heavy atom. The zero-order valence-electron chi connectivity index (χ0n) is 40.1. The number of carbonyl (C=O) groups excluding carboxylic acids is 6. The van der Waals surface area contributed by atoms with E-state index in [2.05, 4.69) is 31.6 Å². The highest BCUT2D eigenvalue weighted by Crippen LogP contribution is 2.31. The maximum atomic E-state index is 14.6. The van der Waals surface area contributed by atoms with E-state index in [0.717, 1.165) is 22.0 Å². The van der Waals surface area contributed by atoms with Crippen LogP contribution in [0.2, 0.25) is 0 Å². The Morgan fingerprint density at radius 3 is 1.57 bits per heavy atom. The van der Waals surface area contributed by atoms with Crippen molar-refractivity contribution < 1.29 is 48.6 Å². The molecule has 3 aromatic carbocycles.